The molecule has 82 valence electrons. The predicted octanol–water partition coefficient (Wildman–Crippen LogP) is 1.59. The lowest BCUT2D eigenvalue weighted by atomic mass is 10.1. The van der Waals surface area contributed by atoms with Crippen molar-refractivity contribution < 1.29 is 4.79 Å². The van der Waals surface area contributed by atoms with Gasteiger partial charge in [0.2, 0.25) is 0 Å². The molecule has 0 radical (unpaired) electrons. The first kappa shape index (κ1) is 10.4. The lowest BCUT2D eigenvalue weighted by Crippen LogP contribution is -2.11. The number of aromatic nitrogens is 2. The number of amides is 1. The summed E-state index contributed by atoms with van der Waals surface area (Å²) in [5.74, 6) is -0.511. The third-order valence-corrected chi connectivity index (χ3v) is 2.47. The number of primary amides is 1. The van der Waals surface area contributed by atoms with Crippen molar-refractivity contribution in [3.63, 3.8) is 0 Å². The van der Waals surface area contributed by atoms with Crippen LogP contribution in [0.25, 0.3) is 5.69 Å². The van der Waals surface area contributed by atoms with Gasteiger partial charge in [0.05, 0.1) is 0 Å². The van der Waals surface area contributed by atoms with Crippen molar-refractivity contribution in [3.8, 4) is 5.69 Å². The van der Waals surface area contributed by atoms with Gasteiger partial charge in [-0.15, -0.1) is 0 Å². The normalized spacial score (nSPS) is 10.4. The number of benzene rings is 1. The Kier molecular flexibility index (Phi) is 2.48. The Hall–Kier alpha value is -2.10. The van der Waals surface area contributed by atoms with Crippen LogP contribution in [0.15, 0.2) is 30.7 Å². The topological polar surface area (TPSA) is 60.9 Å². The zero-order valence-corrected chi connectivity index (χ0v) is 9.27. The highest BCUT2D eigenvalue weighted by Crippen LogP contribution is 2.15. The van der Waals surface area contributed by atoms with Gasteiger partial charge in [-0.2, -0.15) is 0 Å². The van der Waals surface area contributed by atoms with E-state index >= 15 is 0 Å². The van der Waals surface area contributed by atoms with E-state index in [1.807, 2.05) is 26.0 Å². The maximum absolute atomic E-state index is 10.9. The zero-order chi connectivity index (χ0) is 11.7. The summed E-state index contributed by atoms with van der Waals surface area (Å²) in [7, 11) is 0. The highest BCUT2D eigenvalue weighted by Gasteiger charge is 2.07. The fourth-order valence-corrected chi connectivity index (χ4v) is 1.68. The smallest absolute Gasteiger partial charge is 0.268 e. The molecule has 0 saturated carbocycles. The average molecular weight is 215 g/mol. The second kappa shape index (κ2) is 3.81. The molecule has 1 heterocycles. The molecule has 2 rings (SSSR count). The summed E-state index contributed by atoms with van der Waals surface area (Å²) in [5, 5.41) is 0. The number of rotatable bonds is 2. The van der Waals surface area contributed by atoms with Crippen LogP contribution in [-0.2, 0) is 0 Å². The molecule has 0 unspecified atom stereocenters. The number of imidazole rings is 1. The molecule has 16 heavy (non-hydrogen) atoms. The Morgan fingerprint density at radius 3 is 2.69 bits per heavy atom. The fraction of sp³-hybridized carbons (Fsp3) is 0.167. The molecule has 0 fully saturated rings. The van der Waals surface area contributed by atoms with E-state index in [0.29, 0.717) is 0 Å². The van der Waals surface area contributed by atoms with Gasteiger partial charge in [-0.3, -0.25) is 4.79 Å². The average Bonchev–Trinajstić information content (AvgIpc) is 2.66. The van der Waals surface area contributed by atoms with Gasteiger partial charge in [0.25, 0.3) is 5.91 Å². The van der Waals surface area contributed by atoms with E-state index < -0.39 is 5.91 Å². The van der Waals surface area contributed by atoms with E-state index in [0.717, 1.165) is 11.3 Å². The summed E-state index contributed by atoms with van der Waals surface area (Å²) in [5.41, 5.74) is 8.77. The van der Waals surface area contributed by atoms with Crippen molar-refractivity contribution >= 4 is 5.91 Å². The van der Waals surface area contributed by atoms with Crippen molar-refractivity contribution in [1.29, 1.82) is 0 Å². The standard InChI is InChI=1S/C12H13N3O/c1-8-3-4-11(9(2)5-8)15-6-10(12(13)16)14-7-15/h3-7H,1-2H3,(H2,13,16). The largest absolute Gasteiger partial charge is 0.364 e. The van der Waals surface area contributed by atoms with Crippen LogP contribution in [0.2, 0.25) is 0 Å². The number of nitrogens with two attached hydrogens (primary N) is 1. The van der Waals surface area contributed by atoms with E-state index in [1.54, 1.807) is 17.1 Å². The minimum atomic E-state index is -0.511. The predicted molar refractivity (Wildman–Crippen MR) is 61.6 cm³/mol. The van der Waals surface area contributed by atoms with Crippen LogP contribution >= 0.6 is 0 Å². The summed E-state index contributed by atoms with van der Waals surface area (Å²) in [6.45, 7) is 4.06. The summed E-state index contributed by atoms with van der Waals surface area (Å²) < 4.78 is 1.80. The van der Waals surface area contributed by atoms with Crippen molar-refractivity contribution in [2.24, 2.45) is 5.73 Å². The van der Waals surface area contributed by atoms with Gasteiger partial charge in [-0.1, -0.05) is 17.7 Å². The first-order chi connectivity index (χ1) is 7.58. The molecule has 1 aromatic carbocycles. The maximum atomic E-state index is 10.9. The number of hydrogen-bond donors (Lipinski definition) is 1. The number of nitrogens with zero attached hydrogens (tertiary/aromatic N) is 2. The van der Waals surface area contributed by atoms with E-state index in [4.69, 9.17) is 5.73 Å². The molecule has 2 N–H and O–H groups in total. The summed E-state index contributed by atoms with van der Waals surface area (Å²) >= 11 is 0. The minimum Gasteiger partial charge on any atom is -0.364 e. The zero-order valence-electron chi connectivity index (χ0n) is 9.27. The summed E-state index contributed by atoms with van der Waals surface area (Å²) in [6, 6.07) is 6.10. The first-order valence-corrected chi connectivity index (χ1v) is 4.99. The monoisotopic (exact) mass is 215 g/mol. The molecule has 0 aliphatic heterocycles. The molecule has 4 heteroatoms. The Labute approximate surface area is 93.7 Å². The molecule has 1 aromatic heterocycles. The molecular formula is C12H13N3O. The van der Waals surface area contributed by atoms with Crippen LogP contribution in [0.5, 0.6) is 0 Å². The van der Waals surface area contributed by atoms with Crippen LogP contribution in [0.3, 0.4) is 0 Å². The van der Waals surface area contributed by atoms with Gasteiger partial charge in [-0.05, 0) is 25.5 Å². The number of carbonyl (C=O) groups excluding carboxylic acids is 1. The Bertz CT molecular complexity index is 543. The molecule has 2 aromatic rings. The molecule has 0 atom stereocenters. The van der Waals surface area contributed by atoms with E-state index in [2.05, 4.69) is 11.1 Å². The third-order valence-electron chi connectivity index (χ3n) is 2.47. The number of aryl methyl sites for hydroxylation is 2. The highest BCUT2D eigenvalue weighted by atomic mass is 16.1. The van der Waals surface area contributed by atoms with Crippen molar-refractivity contribution in [2.75, 3.05) is 0 Å². The van der Waals surface area contributed by atoms with E-state index in [9.17, 15) is 4.79 Å². The second-order valence-electron chi connectivity index (χ2n) is 3.82. The van der Waals surface area contributed by atoms with Crippen molar-refractivity contribution in [2.45, 2.75) is 13.8 Å². The van der Waals surface area contributed by atoms with Crippen molar-refractivity contribution in [3.05, 3.63) is 47.5 Å². The van der Waals surface area contributed by atoms with E-state index in [-0.39, 0.29) is 5.69 Å². The van der Waals surface area contributed by atoms with Crippen LogP contribution < -0.4 is 5.73 Å². The minimum absolute atomic E-state index is 0.278. The van der Waals surface area contributed by atoms with Gasteiger partial charge in [-0.25, -0.2) is 4.98 Å². The fourth-order valence-electron chi connectivity index (χ4n) is 1.68. The third kappa shape index (κ3) is 1.82. The number of hydrogen-bond acceptors (Lipinski definition) is 2. The quantitative estimate of drug-likeness (QED) is 0.826. The molecule has 0 spiro atoms. The van der Waals surface area contributed by atoms with Gasteiger partial charge in [0.1, 0.15) is 12.0 Å². The van der Waals surface area contributed by atoms with Crippen LogP contribution in [-0.4, -0.2) is 15.5 Å². The Morgan fingerprint density at radius 1 is 1.38 bits per heavy atom. The molecule has 4 nitrogen and oxygen atoms in total. The Balaban J connectivity index is 2.46. The SMILES string of the molecule is Cc1ccc(-n2cnc(C(N)=O)c2)c(C)c1. The Morgan fingerprint density at radius 2 is 2.12 bits per heavy atom. The summed E-state index contributed by atoms with van der Waals surface area (Å²) in [6.07, 6.45) is 3.23. The lowest BCUT2D eigenvalue weighted by Gasteiger charge is -2.06. The summed E-state index contributed by atoms with van der Waals surface area (Å²) in [4.78, 5) is 14.9. The van der Waals surface area contributed by atoms with Crippen LogP contribution in [0.4, 0.5) is 0 Å². The molecule has 0 aliphatic carbocycles. The van der Waals surface area contributed by atoms with Crippen LogP contribution in [0.1, 0.15) is 21.6 Å². The maximum Gasteiger partial charge on any atom is 0.268 e. The van der Waals surface area contributed by atoms with Crippen molar-refractivity contribution in [1.82, 2.24) is 9.55 Å². The molecule has 1 amide bonds. The molecule has 0 aliphatic rings. The van der Waals surface area contributed by atoms with Gasteiger partial charge >= 0.3 is 0 Å². The second-order valence-corrected chi connectivity index (χ2v) is 3.82. The highest BCUT2D eigenvalue weighted by molar-refractivity contribution is 5.90. The molecule has 0 saturated heterocycles. The van der Waals surface area contributed by atoms with Crippen LogP contribution in [0, 0.1) is 13.8 Å². The molecule has 0 bridgehead atoms. The number of carbonyl (C=O) groups is 1. The lowest BCUT2D eigenvalue weighted by molar-refractivity contribution is 0.0996. The van der Waals surface area contributed by atoms with Gasteiger partial charge in [0, 0.05) is 11.9 Å². The van der Waals surface area contributed by atoms with Gasteiger partial charge < -0.3 is 10.3 Å². The first-order valence-electron chi connectivity index (χ1n) is 4.99. The van der Waals surface area contributed by atoms with Gasteiger partial charge in [0.15, 0.2) is 0 Å². The molecular weight excluding hydrogens is 202 g/mol. The van der Waals surface area contributed by atoms with E-state index in [1.165, 1.54) is 5.56 Å².